The number of β-amino-alcohol motifs (C(OH)–C–C–N with tert-alkyl or cyclic N) is 1. The highest BCUT2D eigenvalue weighted by molar-refractivity contribution is 5.74. The molecule has 7 nitrogen and oxygen atoms in total. The van der Waals surface area contributed by atoms with Crippen LogP contribution >= 0.6 is 0 Å². The summed E-state index contributed by atoms with van der Waals surface area (Å²) in [5, 5.41) is 16.9. The van der Waals surface area contributed by atoms with Crippen LogP contribution in [0.5, 0.6) is 0 Å². The molecule has 1 fully saturated rings. The van der Waals surface area contributed by atoms with E-state index in [4.69, 9.17) is 0 Å². The Bertz CT molecular complexity index is 508. The molecular formula is C15H27N5O2. The van der Waals surface area contributed by atoms with Crippen LogP contribution in [0.25, 0.3) is 0 Å². The predicted octanol–water partition coefficient (Wildman–Crippen LogP) is 0.407. The average molecular weight is 309 g/mol. The van der Waals surface area contributed by atoms with E-state index in [1.165, 1.54) is 0 Å². The lowest BCUT2D eigenvalue weighted by Crippen LogP contribution is -2.58. The first-order valence-electron chi connectivity index (χ1n) is 7.72. The zero-order valence-corrected chi connectivity index (χ0v) is 13.9. The van der Waals surface area contributed by atoms with E-state index in [9.17, 15) is 9.90 Å². The van der Waals surface area contributed by atoms with Crippen molar-refractivity contribution in [3.05, 3.63) is 18.0 Å². The lowest BCUT2D eigenvalue weighted by molar-refractivity contribution is 0.0119. The van der Waals surface area contributed by atoms with Crippen LogP contribution in [0, 0.1) is 0 Å². The van der Waals surface area contributed by atoms with Crippen molar-refractivity contribution in [3.63, 3.8) is 0 Å². The summed E-state index contributed by atoms with van der Waals surface area (Å²) in [6.45, 7) is 9.01. The fraction of sp³-hybridized carbons (Fsp3) is 0.733. The van der Waals surface area contributed by atoms with Gasteiger partial charge in [0.1, 0.15) is 0 Å². The number of carbonyl (C=O) groups excluding carboxylic acids is 1. The lowest BCUT2D eigenvalue weighted by Gasteiger charge is -2.41. The first-order valence-corrected chi connectivity index (χ1v) is 7.72. The fourth-order valence-electron chi connectivity index (χ4n) is 2.87. The minimum Gasteiger partial charge on any atom is -0.389 e. The number of carbonyl (C=O) groups is 1. The molecule has 2 heterocycles. The highest BCUT2D eigenvalue weighted by Gasteiger charge is 2.29. The van der Waals surface area contributed by atoms with E-state index < -0.39 is 5.60 Å². The number of hydrogen-bond donors (Lipinski definition) is 2. The maximum Gasteiger partial charge on any atom is 0.318 e. The molecule has 1 aliphatic rings. The molecule has 124 valence electrons. The zero-order valence-electron chi connectivity index (χ0n) is 13.9. The van der Waals surface area contributed by atoms with Gasteiger partial charge < -0.3 is 15.3 Å². The van der Waals surface area contributed by atoms with Crippen molar-refractivity contribution in [2.45, 2.75) is 39.0 Å². The van der Waals surface area contributed by atoms with Crippen molar-refractivity contribution in [2.24, 2.45) is 7.05 Å². The van der Waals surface area contributed by atoms with Crippen molar-refractivity contribution in [2.75, 3.05) is 26.2 Å². The van der Waals surface area contributed by atoms with Gasteiger partial charge in [-0.1, -0.05) is 0 Å². The van der Waals surface area contributed by atoms with Crippen LogP contribution in [-0.4, -0.2) is 68.5 Å². The van der Waals surface area contributed by atoms with Crippen molar-refractivity contribution in [1.82, 2.24) is 24.9 Å². The van der Waals surface area contributed by atoms with E-state index in [0.29, 0.717) is 19.6 Å². The third-order valence-electron chi connectivity index (χ3n) is 3.93. The van der Waals surface area contributed by atoms with Crippen LogP contribution < -0.4 is 5.32 Å². The van der Waals surface area contributed by atoms with Gasteiger partial charge in [0.05, 0.1) is 17.8 Å². The molecule has 22 heavy (non-hydrogen) atoms. The molecule has 1 saturated heterocycles. The molecule has 1 aromatic heterocycles. The topological polar surface area (TPSA) is 73.6 Å². The summed E-state index contributed by atoms with van der Waals surface area (Å²) in [6, 6.07) is 1.98. The van der Waals surface area contributed by atoms with Crippen LogP contribution in [0.3, 0.4) is 0 Å². The van der Waals surface area contributed by atoms with E-state index in [0.717, 1.165) is 18.8 Å². The predicted molar refractivity (Wildman–Crippen MR) is 84.3 cm³/mol. The third-order valence-corrected chi connectivity index (χ3v) is 3.93. The maximum atomic E-state index is 12.3. The standard InChI is InChI=1S/C15H27N5O2/c1-12-10-19(11-15(2,3)22)7-8-20(12)14(21)16-9-13-5-6-17-18(13)4/h5-6,12,22H,7-11H2,1-4H3,(H,16,21). The number of nitrogens with one attached hydrogen (secondary N) is 1. The minimum absolute atomic E-state index is 0.0448. The Morgan fingerprint density at radius 2 is 2.23 bits per heavy atom. The Morgan fingerprint density at radius 3 is 2.77 bits per heavy atom. The molecule has 0 spiro atoms. The lowest BCUT2D eigenvalue weighted by atomic mass is 10.1. The molecule has 2 amide bonds. The highest BCUT2D eigenvalue weighted by atomic mass is 16.3. The van der Waals surface area contributed by atoms with Gasteiger partial charge >= 0.3 is 6.03 Å². The maximum absolute atomic E-state index is 12.3. The van der Waals surface area contributed by atoms with Gasteiger partial charge in [-0.2, -0.15) is 5.10 Å². The first-order chi connectivity index (χ1) is 10.3. The van der Waals surface area contributed by atoms with E-state index >= 15 is 0 Å². The van der Waals surface area contributed by atoms with Crippen molar-refractivity contribution < 1.29 is 9.90 Å². The SMILES string of the molecule is CC1CN(CC(C)(C)O)CCN1C(=O)NCc1ccnn1C. The number of amides is 2. The largest absolute Gasteiger partial charge is 0.389 e. The fourth-order valence-corrected chi connectivity index (χ4v) is 2.87. The van der Waals surface area contributed by atoms with Crippen LogP contribution in [-0.2, 0) is 13.6 Å². The molecule has 2 N–H and O–H groups in total. The quantitative estimate of drug-likeness (QED) is 0.845. The Kier molecular flexibility index (Phi) is 5.08. The molecule has 2 rings (SSSR count). The number of aryl methyl sites for hydroxylation is 1. The number of nitrogens with zero attached hydrogens (tertiary/aromatic N) is 4. The summed E-state index contributed by atoms with van der Waals surface area (Å²) in [5.41, 5.74) is 0.269. The number of hydrogen-bond acceptors (Lipinski definition) is 4. The van der Waals surface area contributed by atoms with E-state index in [1.54, 1.807) is 10.9 Å². The molecule has 1 aliphatic heterocycles. The molecule has 0 aromatic carbocycles. The second-order valence-corrected chi connectivity index (χ2v) is 6.69. The first kappa shape index (κ1) is 16.8. The summed E-state index contributed by atoms with van der Waals surface area (Å²) < 4.78 is 1.75. The van der Waals surface area contributed by atoms with Gasteiger partial charge in [0, 0.05) is 45.5 Å². The van der Waals surface area contributed by atoms with Crippen LogP contribution in [0.2, 0.25) is 0 Å². The second kappa shape index (κ2) is 6.66. The summed E-state index contributed by atoms with van der Waals surface area (Å²) in [4.78, 5) is 16.4. The van der Waals surface area contributed by atoms with Crippen molar-refractivity contribution in [3.8, 4) is 0 Å². The average Bonchev–Trinajstić information content (AvgIpc) is 2.80. The summed E-state index contributed by atoms with van der Waals surface area (Å²) >= 11 is 0. The van der Waals surface area contributed by atoms with Crippen LogP contribution in [0.4, 0.5) is 4.79 Å². The number of rotatable bonds is 4. The molecule has 1 atom stereocenters. The smallest absolute Gasteiger partial charge is 0.318 e. The monoisotopic (exact) mass is 309 g/mol. The zero-order chi connectivity index (χ0) is 16.3. The van der Waals surface area contributed by atoms with Crippen molar-refractivity contribution >= 4 is 6.03 Å². The second-order valence-electron chi connectivity index (χ2n) is 6.69. The summed E-state index contributed by atoms with van der Waals surface area (Å²) in [6.07, 6.45) is 1.72. The van der Waals surface area contributed by atoms with Crippen LogP contribution in [0.15, 0.2) is 12.3 Å². The van der Waals surface area contributed by atoms with Crippen LogP contribution in [0.1, 0.15) is 26.5 Å². The molecule has 1 unspecified atom stereocenters. The van der Waals surface area contributed by atoms with Gasteiger partial charge in [0.2, 0.25) is 0 Å². The molecule has 0 aliphatic carbocycles. The van der Waals surface area contributed by atoms with Gasteiger partial charge in [-0.25, -0.2) is 4.79 Å². The van der Waals surface area contributed by atoms with Gasteiger partial charge in [0.25, 0.3) is 0 Å². The third kappa shape index (κ3) is 4.45. The summed E-state index contributed by atoms with van der Waals surface area (Å²) in [7, 11) is 1.86. The molecule has 0 bridgehead atoms. The Balaban J connectivity index is 1.83. The minimum atomic E-state index is -0.705. The Hall–Kier alpha value is -1.60. The number of aliphatic hydroxyl groups is 1. The normalized spacial score (nSPS) is 20.2. The number of piperazine rings is 1. The van der Waals surface area contributed by atoms with E-state index in [1.807, 2.05) is 38.8 Å². The Labute approximate surface area is 131 Å². The van der Waals surface area contributed by atoms with Gasteiger partial charge in [-0.05, 0) is 26.8 Å². The molecule has 0 radical (unpaired) electrons. The van der Waals surface area contributed by atoms with E-state index in [2.05, 4.69) is 15.3 Å². The number of aromatic nitrogens is 2. The Morgan fingerprint density at radius 1 is 1.50 bits per heavy atom. The molecule has 7 heteroatoms. The molecule has 1 aromatic rings. The van der Waals surface area contributed by atoms with Gasteiger partial charge in [0.15, 0.2) is 0 Å². The van der Waals surface area contributed by atoms with Gasteiger partial charge in [-0.15, -0.1) is 0 Å². The summed E-state index contributed by atoms with van der Waals surface area (Å²) in [5.74, 6) is 0. The number of urea groups is 1. The van der Waals surface area contributed by atoms with E-state index in [-0.39, 0.29) is 12.1 Å². The molecule has 0 saturated carbocycles. The highest BCUT2D eigenvalue weighted by Crippen LogP contribution is 2.13. The van der Waals surface area contributed by atoms with Gasteiger partial charge in [-0.3, -0.25) is 9.58 Å². The molecular weight excluding hydrogens is 282 g/mol. The van der Waals surface area contributed by atoms with Crippen molar-refractivity contribution in [1.29, 1.82) is 0 Å².